The number of nitrogens with zero attached hydrogens (tertiary/aromatic N) is 2. The molecule has 0 N–H and O–H groups in total. The molecule has 0 fully saturated rings. The van der Waals surface area contributed by atoms with Gasteiger partial charge >= 0.3 is 6.01 Å². The Balaban J connectivity index is 2.73. The maximum atomic E-state index is 10.0. The predicted molar refractivity (Wildman–Crippen MR) is 33.9 cm³/mol. The van der Waals surface area contributed by atoms with Crippen LogP contribution in [0.1, 0.15) is 5.76 Å². The molecule has 0 saturated heterocycles. The van der Waals surface area contributed by atoms with Gasteiger partial charge < -0.3 is 19.3 Å². The molecule has 1 aromatic rings. The molecule has 0 unspecified atom stereocenters. The average Bonchev–Trinajstić information content (AvgIpc) is 2.37. The Bertz CT molecular complexity index is 257. The second-order valence-electron chi connectivity index (χ2n) is 1.80. The van der Waals surface area contributed by atoms with Crippen molar-refractivity contribution in [1.29, 1.82) is 0 Å². The molecule has 60 valence electrons. The van der Waals surface area contributed by atoms with E-state index in [1.54, 1.807) is 0 Å². The van der Waals surface area contributed by atoms with Gasteiger partial charge in [0.1, 0.15) is 6.61 Å². The second kappa shape index (κ2) is 3.11. The Hall–Kier alpha value is -1.43. The van der Waals surface area contributed by atoms with Crippen LogP contribution < -0.4 is 0 Å². The first kappa shape index (κ1) is 7.67. The summed E-state index contributed by atoms with van der Waals surface area (Å²) in [4.78, 5) is 12.7. The summed E-state index contributed by atoms with van der Waals surface area (Å²) >= 11 is 0. The van der Waals surface area contributed by atoms with Crippen LogP contribution in [0.2, 0.25) is 0 Å². The maximum Gasteiger partial charge on any atom is 0.545 e. The zero-order valence-electron chi connectivity index (χ0n) is 5.81. The lowest BCUT2D eigenvalue weighted by atomic mass is 10.6. The number of rotatable bonds is 3. The van der Waals surface area contributed by atoms with Crippen LogP contribution in [0.4, 0.5) is 6.01 Å². The van der Waals surface area contributed by atoms with E-state index < -0.39 is 10.9 Å². The van der Waals surface area contributed by atoms with Gasteiger partial charge in [-0.25, -0.2) is 0 Å². The van der Waals surface area contributed by atoms with Crippen LogP contribution in [0.3, 0.4) is 0 Å². The monoisotopic (exact) mass is 158 g/mol. The zero-order chi connectivity index (χ0) is 8.27. The third-order valence-corrected chi connectivity index (χ3v) is 0.984. The van der Waals surface area contributed by atoms with Crippen LogP contribution in [0, 0.1) is 10.1 Å². The molecule has 11 heavy (non-hydrogen) atoms. The van der Waals surface area contributed by atoms with Gasteiger partial charge in [0, 0.05) is 12.0 Å². The fourth-order valence-corrected chi connectivity index (χ4v) is 0.591. The number of hydrogen-bond acceptors (Lipinski definition) is 5. The van der Waals surface area contributed by atoms with Crippen molar-refractivity contribution in [2.45, 2.75) is 6.61 Å². The predicted octanol–water partition coefficient (Wildman–Crippen LogP) is 0.729. The summed E-state index contributed by atoms with van der Waals surface area (Å²) in [6.45, 7) is 0.195. The molecular weight excluding hydrogens is 152 g/mol. The normalized spacial score (nSPS) is 9.91. The largest absolute Gasteiger partial charge is 0.545 e. The van der Waals surface area contributed by atoms with E-state index in [1.807, 2.05) is 0 Å². The summed E-state index contributed by atoms with van der Waals surface area (Å²) in [6, 6.07) is -0.503. The Morgan fingerprint density at radius 2 is 2.64 bits per heavy atom. The van der Waals surface area contributed by atoms with E-state index in [9.17, 15) is 10.1 Å². The second-order valence-corrected chi connectivity index (χ2v) is 1.80. The van der Waals surface area contributed by atoms with E-state index in [0.717, 1.165) is 0 Å². The van der Waals surface area contributed by atoms with Crippen LogP contribution in [0.15, 0.2) is 10.6 Å². The molecule has 0 aliphatic rings. The fraction of sp³-hybridized carbons (Fsp3) is 0.400. The first-order chi connectivity index (χ1) is 5.24. The molecule has 0 radical (unpaired) electrons. The highest BCUT2D eigenvalue weighted by atomic mass is 16.7. The highest BCUT2D eigenvalue weighted by Crippen LogP contribution is 2.10. The minimum Gasteiger partial charge on any atom is -0.384 e. The summed E-state index contributed by atoms with van der Waals surface area (Å²) in [6.07, 6.45) is 1.27. The molecule has 0 spiro atoms. The summed E-state index contributed by atoms with van der Waals surface area (Å²) < 4.78 is 9.31. The Morgan fingerprint density at radius 1 is 1.91 bits per heavy atom. The number of aromatic nitrogens is 1. The minimum absolute atomic E-state index is 0.195. The number of methoxy groups -OCH3 is 1. The van der Waals surface area contributed by atoms with E-state index >= 15 is 0 Å². The molecule has 0 aliphatic carbocycles. The molecule has 6 nitrogen and oxygen atoms in total. The van der Waals surface area contributed by atoms with Crippen molar-refractivity contribution in [1.82, 2.24) is 4.98 Å². The molecule has 1 aromatic heterocycles. The lowest BCUT2D eigenvalue weighted by molar-refractivity contribution is -0.407. The Morgan fingerprint density at radius 3 is 3.09 bits per heavy atom. The van der Waals surface area contributed by atoms with Crippen molar-refractivity contribution in [2.75, 3.05) is 7.11 Å². The lowest BCUT2D eigenvalue weighted by Gasteiger charge is -1.87. The van der Waals surface area contributed by atoms with Gasteiger partial charge in [-0.2, -0.15) is 0 Å². The topological polar surface area (TPSA) is 78.4 Å². The van der Waals surface area contributed by atoms with E-state index in [-0.39, 0.29) is 6.61 Å². The number of oxazole rings is 1. The molecule has 0 amide bonds. The summed E-state index contributed by atoms with van der Waals surface area (Å²) in [7, 11) is 1.47. The van der Waals surface area contributed by atoms with Crippen molar-refractivity contribution < 1.29 is 14.1 Å². The van der Waals surface area contributed by atoms with Crippen molar-refractivity contribution in [3.63, 3.8) is 0 Å². The maximum absolute atomic E-state index is 10.0. The van der Waals surface area contributed by atoms with Gasteiger partial charge in [-0.05, 0) is 4.98 Å². The van der Waals surface area contributed by atoms with Gasteiger partial charge in [-0.3, -0.25) is 0 Å². The molecule has 0 bridgehead atoms. The van der Waals surface area contributed by atoms with E-state index in [4.69, 9.17) is 0 Å². The molecule has 6 heteroatoms. The molecular formula is C5H6N2O4. The smallest absolute Gasteiger partial charge is 0.384 e. The first-order valence-corrected chi connectivity index (χ1v) is 2.82. The van der Waals surface area contributed by atoms with Crippen LogP contribution >= 0.6 is 0 Å². The van der Waals surface area contributed by atoms with E-state index in [2.05, 4.69) is 14.1 Å². The van der Waals surface area contributed by atoms with Crippen LogP contribution in [0.5, 0.6) is 0 Å². The van der Waals surface area contributed by atoms with Gasteiger partial charge in [-0.15, -0.1) is 0 Å². The lowest BCUT2D eigenvalue weighted by Crippen LogP contribution is -1.86. The van der Waals surface area contributed by atoms with E-state index in [1.165, 1.54) is 13.3 Å². The highest BCUT2D eigenvalue weighted by Gasteiger charge is 2.13. The molecule has 0 aliphatic heterocycles. The van der Waals surface area contributed by atoms with Crippen molar-refractivity contribution in [3.05, 3.63) is 22.1 Å². The number of ether oxygens (including phenoxy) is 1. The standard InChI is InChI=1S/C5H6N2O4/c1-10-3-4-2-6-5(11-4)7(8)9/h2H,3H2,1H3. The molecule has 0 aromatic carbocycles. The van der Waals surface area contributed by atoms with Gasteiger partial charge in [0.15, 0.2) is 12.0 Å². The molecule has 1 heterocycles. The summed E-state index contributed by atoms with van der Waals surface area (Å²) in [5, 5.41) is 10.0. The van der Waals surface area contributed by atoms with E-state index in [0.29, 0.717) is 5.76 Å². The summed E-state index contributed by atoms with van der Waals surface area (Å²) in [5.74, 6) is 0.346. The van der Waals surface area contributed by atoms with Crippen molar-refractivity contribution in [3.8, 4) is 0 Å². The van der Waals surface area contributed by atoms with Gasteiger partial charge in [0.2, 0.25) is 0 Å². The zero-order valence-corrected chi connectivity index (χ0v) is 5.81. The highest BCUT2D eigenvalue weighted by molar-refractivity contribution is 5.01. The van der Waals surface area contributed by atoms with Crippen LogP contribution in [-0.4, -0.2) is 17.0 Å². The molecule has 0 atom stereocenters. The third kappa shape index (κ3) is 1.74. The van der Waals surface area contributed by atoms with Gasteiger partial charge in [0.25, 0.3) is 0 Å². The van der Waals surface area contributed by atoms with Crippen molar-refractivity contribution >= 4 is 6.01 Å². The third-order valence-electron chi connectivity index (χ3n) is 0.984. The van der Waals surface area contributed by atoms with Crippen LogP contribution in [-0.2, 0) is 11.3 Å². The molecule has 1 rings (SSSR count). The van der Waals surface area contributed by atoms with Gasteiger partial charge in [0.05, 0.1) is 0 Å². The minimum atomic E-state index is -0.695. The fourth-order valence-electron chi connectivity index (χ4n) is 0.591. The summed E-state index contributed by atoms with van der Waals surface area (Å²) in [5.41, 5.74) is 0. The Kier molecular flexibility index (Phi) is 2.17. The van der Waals surface area contributed by atoms with Gasteiger partial charge in [-0.1, -0.05) is 0 Å². The molecule has 0 saturated carbocycles. The quantitative estimate of drug-likeness (QED) is 0.478. The van der Waals surface area contributed by atoms with Crippen molar-refractivity contribution in [2.24, 2.45) is 0 Å². The number of nitro groups is 1. The Labute approximate surface area is 61.9 Å². The number of hydrogen-bond donors (Lipinski definition) is 0. The SMILES string of the molecule is COCc1cnc([N+](=O)[O-])o1. The average molecular weight is 158 g/mol. The first-order valence-electron chi connectivity index (χ1n) is 2.82. The van der Waals surface area contributed by atoms with Crippen LogP contribution in [0.25, 0.3) is 0 Å².